The maximum absolute atomic E-state index is 11.8. The minimum absolute atomic E-state index is 0.0503. The fourth-order valence-electron chi connectivity index (χ4n) is 2.34. The van der Waals surface area contributed by atoms with E-state index in [1.165, 1.54) is 18.2 Å². The fraction of sp³-hybridized carbons (Fsp3) is 0.462. The van der Waals surface area contributed by atoms with Crippen molar-refractivity contribution in [3.05, 3.63) is 33.3 Å². The number of para-hydroxylation sites is 1. The van der Waals surface area contributed by atoms with Gasteiger partial charge in [-0.05, 0) is 31.9 Å². The average molecular weight is 314 g/mol. The van der Waals surface area contributed by atoms with E-state index in [4.69, 9.17) is 22.1 Å². The first-order valence-electron chi connectivity index (χ1n) is 6.47. The minimum atomic E-state index is -1.03. The number of benzene rings is 1. The van der Waals surface area contributed by atoms with Gasteiger partial charge in [0.2, 0.25) is 11.7 Å². The highest BCUT2D eigenvalue weighted by atomic mass is 35.5. The zero-order valence-corrected chi connectivity index (χ0v) is 12.2. The number of nitrogens with zero attached hydrogens (tertiary/aromatic N) is 1. The zero-order chi connectivity index (χ0) is 15.6. The number of nitrogens with two attached hydrogens (primary N) is 1. The summed E-state index contributed by atoms with van der Waals surface area (Å²) in [5.41, 5.74) is 4.20. The van der Waals surface area contributed by atoms with Gasteiger partial charge in [0.15, 0.2) is 0 Å². The summed E-state index contributed by atoms with van der Waals surface area (Å²) in [7, 11) is 1.62. The number of amides is 1. The van der Waals surface area contributed by atoms with Gasteiger partial charge in [0, 0.05) is 6.07 Å². The summed E-state index contributed by atoms with van der Waals surface area (Å²) < 4.78 is 5.51. The van der Waals surface area contributed by atoms with Crippen molar-refractivity contribution in [1.29, 1.82) is 0 Å². The molecule has 21 heavy (non-hydrogen) atoms. The third kappa shape index (κ3) is 2.93. The first kappa shape index (κ1) is 15.5. The molecule has 8 heteroatoms. The summed E-state index contributed by atoms with van der Waals surface area (Å²) in [6.45, 7) is -0.103. The van der Waals surface area contributed by atoms with Crippen molar-refractivity contribution >= 4 is 23.2 Å². The van der Waals surface area contributed by atoms with Crippen LogP contribution in [0.25, 0.3) is 0 Å². The quantitative estimate of drug-likeness (QED) is 0.585. The van der Waals surface area contributed by atoms with Gasteiger partial charge in [-0.15, -0.1) is 0 Å². The van der Waals surface area contributed by atoms with Gasteiger partial charge in [0.25, 0.3) is 0 Å². The number of nitro benzene ring substituents is 1. The molecule has 114 valence electrons. The lowest BCUT2D eigenvalue weighted by Gasteiger charge is -2.30. The number of ether oxygens (including phenoxy) is 1. The lowest BCUT2D eigenvalue weighted by atomic mass is 9.93. The highest BCUT2D eigenvalue weighted by Crippen LogP contribution is 2.41. The highest BCUT2D eigenvalue weighted by Gasteiger charge is 2.50. The Morgan fingerprint density at radius 3 is 2.76 bits per heavy atom. The van der Waals surface area contributed by atoms with Crippen molar-refractivity contribution in [1.82, 2.24) is 5.32 Å². The molecular weight excluding hydrogens is 298 g/mol. The smallest absolute Gasteiger partial charge is 0.312 e. The monoisotopic (exact) mass is 313 g/mol. The second-order valence-corrected chi connectivity index (χ2v) is 5.40. The normalized spacial score (nSPS) is 17.0. The Balaban J connectivity index is 2.26. The van der Waals surface area contributed by atoms with E-state index in [0.29, 0.717) is 0 Å². The van der Waals surface area contributed by atoms with E-state index in [1.54, 1.807) is 7.05 Å². The Morgan fingerprint density at radius 1 is 1.62 bits per heavy atom. The number of nitrogens with one attached hydrogen (secondary N) is 1. The number of hydrogen-bond donors (Lipinski definition) is 2. The molecule has 0 saturated heterocycles. The number of primary amides is 1. The third-order valence-corrected chi connectivity index (χ3v) is 4.04. The highest BCUT2D eigenvalue weighted by molar-refractivity contribution is 6.32. The van der Waals surface area contributed by atoms with Crippen LogP contribution in [0.1, 0.15) is 12.8 Å². The lowest BCUT2D eigenvalue weighted by Crippen LogP contribution is -2.59. The molecule has 1 unspecified atom stereocenters. The average Bonchev–Trinajstić information content (AvgIpc) is 3.25. The summed E-state index contributed by atoms with van der Waals surface area (Å²) in [5, 5.41) is 14.0. The molecule has 1 atom stereocenters. The Morgan fingerprint density at radius 2 is 2.29 bits per heavy atom. The van der Waals surface area contributed by atoms with E-state index in [0.717, 1.165) is 12.8 Å². The Labute approximate surface area is 126 Å². The van der Waals surface area contributed by atoms with E-state index >= 15 is 0 Å². The van der Waals surface area contributed by atoms with Crippen LogP contribution in [0.2, 0.25) is 5.02 Å². The number of nitro groups is 1. The number of carbonyl (C=O) groups excluding carboxylic acids is 1. The maximum Gasteiger partial charge on any atom is 0.312 e. The topological polar surface area (TPSA) is 107 Å². The molecule has 1 aliphatic carbocycles. The van der Waals surface area contributed by atoms with Crippen molar-refractivity contribution in [2.24, 2.45) is 11.7 Å². The van der Waals surface area contributed by atoms with Crippen LogP contribution in [0.5, 0.6) is 5.75 Å². The van der Waals surface area contributed by atoms with E-state index < -0.39 is 16.4 Å². The van der Waals surface area contributed by atoms with E-state index in [9.17, 15) is 14.9 Å². The minimum Gasteiger partial charge on any atom is -0.483 e. The largest absolute Gasteiger partial charge is 0.483 e. The maximum atomic E-state index is 11.8. The molecule has 0 aliphatic heterocycles. The molecule has 1 aromatic carbocycles. The Bertz CT molecular complexity index is 577. The molecule has 0 bridgehead atoms. The standard InChI is InChI=1S/C13H16ClN3O4/c1-16-13(12(15)18,8-5-6-8)7-21-11-9(14)3-2-4-10(11)17(19)20/h2-4,8,16H,5-7H2,1H3,(H2,15,18). The molecule has 1 fully saturated rings. The summed E-state index contributed by atoms with van der Waals surface area (Å²) >= 11 is 5.95. The number of likely N-dealkylation sites (N-methyl/N-ethyl adjacent to an activating group) is 1. The van der Waals surface area contributed by atoms with Gasteiger partial charge < -0.3 is 15.8 Å². The number of halogens is 1. The van der Waals surface area contributed by atoms with Crippen molar-refractivity contribution < 1.29 is 14.5 Å². The number of carbonyl (C=O) groups is 1. The van der Waals surface area contributed by atoms with Gasteiger partial charge in [0.05, 0.1) is 9.95 Å². The van der Waals surface area contributed by atoms with Crippen molar-refractivity contribution in [3.8, 4) is 5.75 Å². The predicted octanol–water partition coefficient (Wildman–Crippen LogP) is 1.48. The summed E-state index contributed by atoms with van der Waals surface area (Å²) in [4.78, 5) is 22.2. The predicted molar refractivity (Wildman–Crippen MR) is 77.3 cm³/mol. The van der Waals surface area contributed by atoms with Crippen LogP contribution in [0.3, 0.4) is 0 Å². The number of hydrogen-bond acceptors (Lipinski definition) is 5. The van der Waals surface area contributed by atoms with Crippen LogP contribution in [-0.2, 0) is 4.79 Å². The van der Waals surface area contributed by atoms with E-state index in [2.05, 4.69) is 5.32 Å². The second kappa shape index (κ2) is 5.87. The lowest BCUT2D eigenvalue weighted by molar-refractivity contribution is -0.385. The third-order valence-electron chi connectivity index (χ3n) is 3.75. The molecule has 1 amide bonds. The van der Waals surface area contributed by atoms with E-state index in [-0.39, 0.29) is 29.0 Å². The molecule has 1 saturated carbocycles. The molecular formula is C13H16ClN3O4. The second-order valence-electron chi connectivity index (χ2n) is 4.99. The molecule has 0 spiro atoms. The molecule has 7 nitrogen and oxygen atoms in total. The van der Waals surface area contributed by atoms with Crippen LogP contribution >= 0.6 is 11.6 Å². The van der Waals surface area contributed by atoms with Gasteiger partial charge in [-0.3, -0.25) is 14.9 Å². The van der Waals surface area contributed by atoms with Gasteiger partial charge in [0.1, 0.15) is 12.1 Å². The van der Waals surface area contributed by atoms with Crippen molar-refractivity contribution in [2.45, 2.75) is 18.4 Å². The van der Waals surface area contributed by atoms with Crippen molar-refractivity contribution in [2.75, 3.05) is 13.7 Å². The van der Waals surface area contributed by atoms with Crippen LogP contribution in [0, 0.1) is 16.0 Å². The van der Waals surface area contributed by atoms with Crippen LogP contribution in [-0.4, -0.2) is 30.0 Å². The summed E-state index contributed by atoms with van der Waals surface area (Å²) in [5.74, 6) is -0.519. The first-order valence-corrected chi connectivity index (χ1v) is 6.84. The fourth-order valence-corrected chi connectivity index (χ4v) is 2.56. The van der Waals surface area contributed by atoms with Crippen LogP contribution < -0.4 is 15.8 Å². The van der Waals surface area contributed by atoms with Crippen LogP contribution in [0.4, 0.5) is 5.69 Å². The molecule has 1 aliphatic rings. The van der Waals surface area contributed by atoms with Gasteiger partial charge >= 0.3 is 5.69 Å². The molecule has 0 aromatic heterocycles. The van der Waals surface area contributed by atoms with Gasteiger partial charge in [-0.25, -0.2) is 0 Å². The molecule has 0 radical (unpaired) electrons. The summed E-state index contributed by atoms with van der Waals surface area (Å²) in [6, 6.07) is 4.25. The van der Waals surface area contributed by atoms with Gasteiger partial charge in [-0.2, -0.15) is 0 Å². The van der Waals surface area contributed by atoms with Crippen LogP contribution in [0.15, 0.2) is 18.2 Å². The molecule has 3 N–H and O–H groups in total. The zero-order valence-electron chi connectivity index (χ0n) is 11.5. The van der Waals surface area contributed by atoms with Gasteiger partial charge in [-0.1, -0.05) is 17.7 Å². The Kier molecular flexibility index (Phi) is 4.34. The number of rotatable bonds is 7. The summed E-state index contributed by atoms with van der Waals surface area (Å²) in [6.07, 6.45) is 1.72. The molecule has 0 heterocycles. The Hall–Kier alpha value is -1.86. The molecule has 2 rings (SSSR count). The van der Waals surface area contributed by atoms with Crippen molar-refractivity contribution in [3.63, 3.8) is 0 Å². The molecule has 1 aromatic rings. The van der Waals surface area contributed by atoms with E-state index in [1.807, 2.05) is 0 Å². The first-order chi connectivity index (χ1) is 9.92. The SMILES string of the molecule is CNC(COc1c(Cl)cccc1[N+](=O)[O-])(C(N)=O)C1CC1.